The molecular formula is C17H17F3N4O2. The number of nitrogens with zero attached hydrogens (tertiary/aromatic N) is 3. The number of aromatic nitrogens is 2. The molecule has 1 N–H and O–H groups in total. The Morgan fingerprint density at radius 2 is 2.04 bits per heavy atom. The van der Waals surface area contributed by atoms with Crippen LogP contribution in [0.15, 0.2) is 35.6 Å². The van der Waals surface area contributed by atoms with Crippen LogP contribution in [0.2, 0.25) is 0 Å². The molecule has 1 amide bonds. The molecule has 0 bridgehead atoms. The monoisotopic (exact) mass is 366 g/mol. The minimum Gasteiger partial charge on any atom is -0.382 e. The molecule has 2 aromatic rings. The van der Waals surface area contributed by atoms with E-state index >= 15 is 0 Å². The Labute approximate surface area is 147 Å². The summed E-state index contributed by atoms with van der Waals surface area (Å²) in [5.41, 5.74) is 1.71. The maximum atomic E-state index is 12.6. The first-order valence-corrected chi connectivity index (χ1v) is 8.03. The zero-order valence-corrected chi connectivity index (χ0v) is 14.2. The standard InChI is InChI=1S/C17H17F3N4O2/c1-3-24-9-13(10(2)22-24)14-8-15(26-23-14)16(25)21-12-6-4-11(5-7-12)17(18,19)20/h4-7,9,15H,3,8H2,1-2H3,(H,21,25). The molecule has 26 heavy (non-hydrogen) atoms. The van der Waals surface area contributed by atoms with Crippen LogP contribution < -0.4 is 5.32 Å². The molecular weight excluding hydrogens is 349 g/mol. The zero-order valence-electron chi connectivity index (χ0n) is 14.2. The van der Waals surface area contributed by atoms with Gasteiger partial charge >= 0.3 is 6.18 Å². The predicted octanol–water partition coefficient (Wildman–Crippen LogP) is 3.36. The van der Waals surface area contributed by atoms with Gasteiger partial charge in [0.05, 0.1) is 17.0 Å². The van der Waals surface area contributed by atoms with Crippen molar-refractivity contribution in [3.8, 4) is 0 Å². The number of rotatable bonds is 4. The van der Waals surface area contributed by atoms with Crippen molar-refractivity contribution in [3.63, 3.8) is 0 Å². The Kier molecular flexibility index (Phi) is 4.71. The molecule has 0 spiro atoms. The van der Waals surface area contributed by atoms with Gasteiger partial charge in [-0.05, 0) is 38.1 Å². The van der Waals surface area contributed by atoms with Crippen molar-refractivity contribution in [2.75, 3.05) is 5.32 Å². The zero-order chi connectivity index (χ0) is 18.9. The molecule has 1 aromatic carbocycles. The maximum absolute atomic E-state index is 12.6. The van der Waals surface area contributed by atoms with Gasteiger partial charge in [0.15, 0.2) is 0 Å². The molecule has 0 saturated carbocycles. The third kappa shape index (κ3) is 3.71. The SMILES string of the molecule is CCn1cc(C2=NOC(C(=O)Nc3ccc(C(F)(F)F)cc3)C2)c(C)n1. The van der Waals surface area contributed by atoms with Crippen molar-refractivity contribution < 1.29 is 22.8 Å². The van der Waals surface area contributed by atoms with Crippen molar-refractivity contribution in [1.29, 1.82) is 0 Å². The lowest BCUT2D eigenvalue weighted by Crippen LogP contribution is -2.28. The average molecular weight is 366 g/mol. The lowest BCUT2D eigenvalue weighted by atomic mass is 10.1. The molecule has 1 aliphatic heterocycles. The van der Waals surface area contributed by atoms with Crippen LogP contribution in [0.1, 0.15) is 30.2 Å². The van der Waals surface area contributed by atoms with Gasteiger partial charge in [-0.15, -0.1) is 0 Å². The summed E-state index contributed by atoms with van der Waals surface area (Å²) in [5, 5.41) is 10.8. The van der Waals surface area contributed by atoms with Gasteiger partial charge in [-0.1, -0.05) is 5.16 Å². The Bertz CT molecular complexity index is 841. The molecule has 0 radical (unpaired) electrons. The van der Waals surface area contributed by atoms with Crippen LogP contribution in [0.5, 0.6) is 0 Å². The highest BCUT2D eigenvalue weighted by Gasteiger charge is 2.32. The van der Waals surface area contributed by atoms with E-state index in [9.17, 15) is 18.0 Å². The molecule has 1 atom stereocenters. The Morgan fingerprint density at radius 3 is 2.62 bits per heavy atom. The van der Waals surface area contributed by atoms with E-state index in [0.717, 1.165) is 23.4 Å². The molecule has 138 valence electrons. The van der Waals surface area contributed by atoms with Crippen molar-refractivity contribution >= 4 is 17.3 Å². The fraction of sp³-hybridized carbons (Fsp3) is 0.353. The van der Waals surface area contributed by atoms with Gasteiger partial charge in [0, 0.05) is 30.4 Å². The molecule has 0 fully saturated rings. The first-order chi connectivity index (χ1) is 12.3. The summed E-state index contributed by atoms with van der Waals surface area (Å²) in [6.07, 6.45) is -3.14. The molecule has 6 nitrogen and oxygen atoms in total. The highest BCUT2D eigenvalue weighted by molar-refractivity contribution is 6.06. The van der Waals surface area contributed by atoms with E-state index in [1.54, 1.807) is 4.68 Å². The Morgan fingerprint density at radius 1 is 1.35 bits per heavy atom. The molecule has 2 heterocycles. The third-order valence-corrected chi connectivity index (χ3v) is 4.02. The van der Waals surface area contributed by atoms with E-state index in [1.807, 2.05) is 20.0 Å². The number of alkyl halides is 3. The van der Waals surface area contributed by atoms with Crippen LogP contribution in [0.25, 0.3) is 0 Å². The topological polar surface area (TPSA) is 68.5 Å². The predicted molar refractivity (Wildman–Crippen MR) is 88.7 cm³/mol. The van der Waals surface area contributed by atoms with Crippen molar-refractivity contribution in [2.45, 2.75) is 39.1 Å². The van der Waals surface area contributed by atoms with E-state index in [1.165, 1.54) is 12.1 Å². The Hall–Kier alpha value is -2.84. The number of carbonyl (C=O) groups is 1. The van der Waals surface area contributed by atoms with Crippen LogP contribution in [-0.2, 0) is 22.4 Å². The summed E-state index contributed by atoms with van der Waals surface area (Å²) < 4.78 is 39.5. The summed E-state index contributed by atoms with van der Waals surface area (Å²) in [6.45, 7) is 4.52. The van der Waals surface area contributed by atoms with Crippen LogP contribution in [0, 0.1) is 6.92 Å². The average Bonchev–Trinajstić information content (AvgIpc) is 3.21. The van der Waals surface area contributed by atoms with E-state index in [4.69, 9.17) is 4.84 Å². The van der Waals surface area contributed by atoms with E-state index in [2.05, 4.69) is 15.6 Å². The van der Waals surface area contributed by atoms with Crippen LogP contribution in [-0.4, -0.2) is 27.5 Å². The highest BCUT2D eigenvalue weighted by Crippen LogP contribution is 2.30. The normalized spacial score (nSPS) is 17.0. The van der Waals surface area contributed by atoms with Crippen molar-refractivity contribution in [3.05, 3.63) is 47.3 Å². The summed E-state index contributed by atoms with van der Waals surface area (Å²) in [6, 6.07) is 4.23. The smallest absolute Gasteiger partial charge is 0.382 e. The molecule has 3 rings (SSSR count). The quantitative estimate of drug-likeness (QED) is 0.902. The molecule has 0 saturated heterocycles. The number of oxime groups is 1. The largest absolute Gasteiger partial charge is 0.416 e. The van der Waals surface area contributed by atoms with Gasteiger partial charge in [0.2, 0.25) is 6.10 Å². The Balaban J connectivity index is 1.63. The van der Waals surface area contributed by atoms with Gasteiger partial charge < -0.3 is 10.2 Å². The second-order valence-electron chi connectivity index (χ2n) is 5.88. The third-order valence-electron chi connectivity index (χ3n) is 4.02. The van der Waals surface area contributed by atoms with Gasteiger partial charge in [-0.2, -0.15) is 18.3 Å². The van der Waals surface area contributed by atoms with E-state index in [0.29, 0.717) is 12.3 Å². The van der Waals surface area contributed by atoms with Gasteiger partial charge in [0.25, 0.3) is 5.91 Å². The fourth-order valence-electron chi connectivity index (χ4n) is 2.61. The molecule has 1 aliphatic rings. The van der Waals surface area contributed by atoms with E-state index < -0.39 is 23.8 Å². The number of hydrogen-bond acceptors (Lipinski definition) is 4. The number of nitrogens with one attached hydrogen (secondary N) is 1. The number of hydrogen-bond donors (Lipinski definition) is 1. The minimum atomic E-state index is -4.42. The van der Waals surface area contributed by atoms with Gasteiger partial charge in [-0.25, -0.2) is 0 Å². The molecule has 1 aromatic heterocycles. The number of benzene rings is 1. The first kappa shape index (κ1) is 18.0. The maximum Gasteiger partial charge on any atom is 0.416 e. The van der Waals surface area contributed by atoms with Crippen LogP contribution in [0.3, 0.4) is 0 Å². The lowest BCUT2D eigenvalue weighted by molar-refractivity contribution is -0.137. The fourth-order valence-corrected chi connectivity index (χ4v) is 2.61. The second kappa shape index (κ2) is 6.81. The summed E-state index contributed by atoms with van der Waals surface area (Å²) in [7, 11) is 0. The number of halogens is 3. The summed E-state index contributed by atoms with van der Waals surface area (Å²) >= 11 is 0. The number of anilines is 1. The molecule has 9 heteroatoms. The van der Waals surface area contributed by atoms with Crippen molar-refractivity contribution in [2.24, 2.45) is 5.16 Å². The van der Waals surface area contributed by atoms with E-state index in [-0.39, 0.29) is 12.1 Å². The first-order valence-electron chi connectivity index (χ1n) is 8.03. The van der Waals surface area contributed by atoms with Crippen LogP contribution >= 0.6 is 0 Å². The number of amides is 1. The van der Waals surface area contributed by atoms with Crippen molar-refractivity contribution in [1.82, 2.24) is 9.78 Å². The molecule has 0 aliphatic carbocycles. The summed E-state index contributed by atoms with van der Waals surface area (Å²) in [4.78, 5) is 17.5. The molecule has 1 unspecified atom stereocenters. The van der Waals surface area contributed by atoms with Gasteiger partial charge in [0.1, 0.15) is 0 Å². The van der Waals surface area contributed by atoms with Crippen LogP contribution in [0.4, 0.5) is 18.9 Å². The second-order valence-corrected chi connectivity index (χ2v) is 5.88. The highest BCUT2D eigenvalue weighted by atomic mass is 19.4. The minimum absolute atomic E-state index is 0.259. The summed E-state index contributed by atoms with van der Waals surface area (Å²) in [5.74, 6) is -0.468. The number of aryl methyl sites for hydroxylation is 2. The van der Waals surface area contributed by atoms with Gasteiger partial charge in [-0.3, -0.25) is 9.48 Å². The lowest BCUT2D eigenvalue weighted by Gasteiger charge is -2.11. The number of carbonyl (C=O) groups excluding carboxylic acids is 1.